The van der Waals surface area contributed by atoms with Gasteiger partial charge in [-0.1, -0.05) is 12.6 Å². The zero-order chi connectivity index (χ0) is 28.2. The molecule has 3 aliphatic heterocycles. The van der Waals surface area contributed by atoms with E-state index in [1.165, 1.54) is 24.0 Å². The van der Waals surface area contributed by atoms with E-state index in [9.17, 15) is 13.6 Å². The van der Waals surface area contributed by atoms with E-state index < -0.39 is 17.9 Å². The number of likely N-dealkylation sites (N-methyl/N-ethyl adjacent to an activating group) is 1. The van der Waals surface area contributed by atoms with Crippen LogP contribution >= 0.6 is 0 Å². The van der Waals surface area contributed by atoms with Crippen molar-refractivity contribution in [2.24, 2.45) is 0 Å². The van der Waals surface area contributed by atoms with Crippen molar-refractivity contribution in [3.63, 3.8) is 0 Å². The number of carbonyl (C=O) groups excluding carboxylic acids is 1. The summed E-state index contributed by atoms with van der Waals surface area (Å²) in [6.45, 7) is 4.91. The zero-order valence-corrected chi connectivity index (χ0v) is 23.2. The average Bonchev–Trinajstić information content (AvgIpc) is 3.47. The number of anilines is 1. The lowest BCUT2D eigenvalue weighted by atomic mass is 9.87. The summed E-state index contributed by atoms with van der Waals surface area (Å²) in [4.78, 5) is 32.2. The second kappa shape index (κ2) is 10.3. The lowest BCUT2D eigenvalue weighted by molar-refractivity contribution is -0.130. The lowest BCUT2D eigenvalue weighted by Crippen LogP contribution is -2.63. The van der Waals surface area contributed by atoms with Crippen LogP contribution < -0.4 is 9.64 Å². The van der Waals surface area contributed by atoms with Gasteiger partial charge in [0, 0.05) is 49.0 Å². The Bertz CT molecular complexity index is 1530. The predicted molar refractivity (Wildman–Crippen MR) is 152 cm³/mol. The minimum atomic E-state index is -0.926. The highest BCUT2D eigenvalue weighted by Gasteiger charge is 2.50. The first-order valence-corrected chi connectivity index (χ1v) is 14.5. The number of carbonyl (C=O) groups is 1. The number of amides is 1. The summed E-state index contributed by atoms with van der Waals surface area (Å²) in [5, 5.41) is 0.888. The molecule has 1 amide bonds. The van der Waals surface area contributed by atoms with Gasteiger partial charge >= 0.3 is 6.01 Å². The molecule has 1 aliphatic carbocycles. The SMILES string of the molecule is C=C(F)C(=O)N1CC[C@@H]2[C@H]1CN2c1nc(OC[C@@H]2C[C@@H](F)CN2C)nc2cc(-c3cncc4c3CCCC4)ccc12. The Morgan fingerprint density at radius 1 is 1.15 bits per heavy atom. The van der Waals surface area contributed by atoms with E-state index in [4.69, 9.17) is 14.7 Å². The van der Waals surface area contributed by atoms with Crippen LogP contribution in [0.25, 0.3) is 22.0 Å². The fourth-order valence-electron chi connectivity index (χ4n) is 7.10. The molecule has 41 heavy (non-hydrogen) atoms. The molecular weight excluding hydrogens is 526 g/mol. The summed E-state index contributed by atoms with van der Waals surface area (Å²) in [6.07, 6.45) is 8.66. The Hall–Kier alpha value is -3.66. The molecule has 10 heteroatoms. The molecule has 1 aromatic carbocycles. The summed E-state index contributed by atoms with van der Waals surface area (Å²) in [6, 6.07) is 6.39. The molecule has 0 unspecified atom stereocenters. The number of ether oxygens (including phenoxy) is 1. The van der Waals surface area contributed by atoms with Gasteiger partial charge in [0.05, 0.1) is 17.6 Å². The number of alkyl halides is 1. The molecule has 214 valence electrons. The number of halogens is 2. The van der Waals surface area contributed by atoms with Gasteiger partial charge in [0.2, 0.25) is 0 Å². The number of rotatable bonds is 6. The van der Waals surface area contributed by atoms with Gasteiger partial charge in [-0.15, -0.1) is 0 Å². The van der Waals surface area contributed by atoms with Crippen LogP contribution in [0.3, 0.4) is 0 Å². The Labute approximate surface area is 238 Å². The standard InChI is InChI=1S/C31H34F2N6O2/c1-18(32)30(40)38-10-9-27-28(38)16-39(27)29-24-8-7-19(25-14-34-13-20-5-3-4-6-23(20)25)11-26(24)35-31(36-29)41-17-22-12-21(33)15-37(22)2/h7-8,11,13-14,21-22,27-28H,1,3-6,9-10,12,15-17H2,2H3/t21-,22+,27-,28-/m1/s1. The van der Waals surface area contributed by atoms with Crippen LogP contribution in [0.4, 0.5) is 14.6 Å². The molecule has 5 heterocycles. The first kappa shape index (κ1) is 26.3. The molecule has 3 fully saturated rings. The number of hydrogen-bond acceptors (Lipinski definition) is 7. The van der Waals surface area contributed by atoms with Crippen molar-refractivity contribution < 1.29 is 18.3 Å². The monoisotopic (exact) mass is 560 g/mol. The third-order valence-corrected chi connectivity index (χ3v) is 9.34. The maximum Gasteiger partial charge on any atom is 0.319 e. The van der Waals surface area contributed by atoms with Crippen molar-refractivity contribution in [2.45, 2.75) is 62.8 Å². The maximum atomic E-state index is 14.0. The summed E-state index contributed by atoms with van der Waals surface area (Å²) in [5.41, 5.74) is 5.61. The second-order valence-electron chi connectivity index (χ2n) is 11.8. The predicted octanol–water partition coefficient (Wildman–Crippen LogP) is 4.26. The quantitative estimate of drug-likeness (QED) is 0.417. The Morgan fingerprint density at radius 3 is 2.80 bits per heavy atom. The van der Waals surface area contributed by atoms with Crippen molar-refractivity contribution >= 4 is 22.6 Å². The van der Waals surface area contributed by atoms with Crippen LogP contribution in [0, 0.1) is 0 Å². The van der Waals surface area contributed by atoms with Gasteiger partial charge < -0.3 is 14.5 Å². The topological polar surface area (TPSA) is 74.7 Å². The van der Waals surface area contributed by atoms with Crippen molar-refractivity contribution in [1.29, 1.82) is 0 Å². The number of hydrogen-bond donors (Lipinski definition) is 0. The normalized spacial score (nSPS) is 25.6. The van der Waals surface area contributed by atoms with Gasteiger partial charge in [-0.2, -0.15) is 9.97 Å². The van der Waals surface area contributed by atoms with E-state index in [1.807, 2.05) is 24.3 Å². The summed E-state index contributed by atoms with van der Waals surface area (Å²) in [7, 11) is 1.90. The van der Waals surface area contributed by atoms with Crippen molar-refractivity contribution in [2.75, 3.05) is 38.2 Å². The highest BCUT2D eigenvalue weighted by Crippen LogP contribution is 2.41. The molecule has 0 bridgehead atoms. The first-order chi connectivity index (χ1) is 19.9. The van der Waals surface area contributed by atoms with Gasteiger partial charge in [-0.3, -0.25) is 14.7 Å². The van der Waals surface area contributed by atoms with Crippen LogP contribution in [0.15, 0.2) is 43.0 Å². The van der Waals surface area contributed by atoms with Crippen LogP contribution in [0.1, 0.15) is 36.8 Å². The number of aryl methyl sites for hydroxylation is 1. The summed E-state index contributed by atoms with van der Waals surface area (Å²) < 4.78 is 33.7. The van der Waals surface area contributed by atoms with Crippen LogP contribution in [0.5, 0.6) is 6.01 Å². The minimum absolute atomic E-state index is 0.0301. The van der Waals surface area contributed by atoms with E-state index in [2.05, 4.69) is 34.7 Å². The number of pyridine rings is 1. The summed E-state index contributed by atoms with van der Waals surface area (Å²) >= 11 is 0. The van der Waals surface area contributed by atoms with Crippen LogP contribution in [-0.2, 0) is 17.6 Å². The molecule has 0 saturated carbocycles. The molecule has 3 aromatic rings. The largest absolute Gasteiger partial charge is 0.462 e. The van der Waals surface area contributed by atoms with Gasteiger partial charge in [0.1, 0.15) is 18.6 Å². The van der Waals surface area contributed by atoms with E-state index in [1.54, 1.807) is 4.90 Å². The molecule has 4 atom stereocenters. The highest BCUT2D eigenvalue weighted by atomic mass is 19.1. The fraction of sp³-hybridized carbons (Fsp3) is 0.484. The summed E-state index contributed by atoms with van der Waals surface area (Å²) in [5.74, 6) is -0.822. The number of aromatic nitrogens is 3. The smallest absolute Gasteiger partial charge is 0.319 e. The van der Waals surface area contributed by atoms with E-state index in [0.717, 1.165) is 47.1 Å². The third kappa shape index (κ3) is 4.62. The molecule has 4 aliphatic rings. The molecule has 8 nitrogen and oxygen atoms in total. The molecule has 3 saturated heterocycles. The highest BCUT2D eigenvalue weighted by molar-refractivity contribution is 5.95. The average molecular weight is 561 g/mol. The van der Waals surface area contributed by atoms with Crippen LogP contribution in [-0.4, -0.2) is 88.2 Å². The van der Waals surface area contributed by atoms with Crippen molar-refractivity contribution in [1.82, 2.24) is 24.8 Å². The van der Waals surface area contributed by atoms with Gasteiger partial charge in [0.15, 0.2) is 5.83 Å². The molecule has 2 aromatic heterocycles. The number of nitrogens with zero attached hydrogens (tertiary/aromatic N) is 6. The molecular formula is C31H34F2N6O2. The van der Waals surface area contributed by atoms with E-state index >= 15 is 0 Å². The molecule has 0 spiro atoms. The minimum Gasteiger partial charge on any atom is -0.462 e. The number of benzene rings is 1. The van der Waals surface area contributed by atoms with Crippen LogP contribution in [0.2, 0.25) is 0 Å². The second-order valence-corrected chi connectivity index (χ2v) is 11.8. The van der Waals surface area contributed by atoms with Gasteiger partial charge in [0.25, 0.3) is 5.91 Å². The Balaban J connectivity index is 1.24. The molecule has 7 rings (SSSR count). The van der Waals surface area contributed by atoms with Gasteiger partial charge in [-0.25, -0.2) is 8.78 Å². The number of likely N-dealkylation sites (tertiary alicyclic amines) is 2. The number of fused-ring (bicyclic) bond motifs is 3. The fourth-order valence-corrected chi connectivity index (χ4v) is 7.10. The Morgan fingerprint density at radius 2 is 2.00 bits per heavy atom. The third-order valence-electron chi connectivity index (χ3n) is 9.34. The Kier molecular flexibility index (Phi) is 6.60. The van der Waals surface area contributed by atoms with Gasteiger partial charge in [-0.05, 0) is 74.4 Å². The molecule has 0 N–H and O–H groups in total. The van der Waals surface area contributed by atoms with E-state index in [0.29, 0.717) is 32.7 Å². The van der Waals surface area contributed by atoms with Crippen molar-refractivity contribution in [3.05, 3.63) is 54.1 Å². The maximum absolute atomic E-state index is 14.0. The molecule has 0 radical (unpaired) electrons. The van der Waals surface area contributed by atoms with E-state index in [-0.39, 0.29) is 24.1 Å². The lowest BCUT2D eigenvalue weighted by Gasteiger charge is -2.47. The zero-order valence-electron chi connectivity index (χ0n) is 23.2. The van der Waals surface area contributed by atoms with Crippen molar-refractivity contribution in [3.8, 4) is 17.1 Å². The first-order valence-electron chi connectivity index (χ1n) is 14.5.